The SMILES string of the molecule is CC(C)(C)OC(O)NCC(=O)N1CCNCC1. The highest BCUT2D eigenvalue weighted by atomic mass is 16.6. The number of piperazine rings is 1. The van der Waals surface area contributed by atoms with Crippen LogP contribution in [0.1, 0.15) is 20.8 Å². The molecule has 0 bridgehead atoms. The van der Waals surface area contributed by atoms with Crippen LogP contribution in [0.25, 0.3) is 0 Å². The molecule has 0 spiro atoms. The van der Waals surface area contributed by atoms with Gasteiger partial charge in [0.25, 0.3) is 0 Å². The van der Waals surface area contributed by atoms with Gasteiger partial charge in [-0.05, 0) is 20.8 Å². The van der Waals surface area contributed by atoms with E-state index in [-0.39, 0.29) is 12.5 Å². The smallest absolute Gasteiger partial charge is 0.236 e. The zero-order valence-corrected chi connectivity index (χ0v) is 10.8. The van der Waals surface area contributed by atoms with E-state index in [0.717, 1.165) is 26.2 Å². The quantitative estimate of drug-likeness (QED) is 0.560. The maximum atomic E-state index is 11.7. The van der Waals surface area contributed by atoms with Crippen molar-refractivity contribution in [1.82, 2.24) is 15.5 Å². The standard InChI is InChI=1S/C11H23N3O3/c1-11(2,3)17-10(16)13-8-9(15)14-6-4-12-5-7-14/h10,12-13,16H,4-8H2,1-3H3. The van der Waals surface area contributed by atoms with Crippen molar-refractivity contribution < 1.29 is 14.6 Å². The number of ether oxygens (including phenoxy) is 1. The monoisotopic (exact) mass is 245 g/mol. The van der Waals surface area contributed by atoms with Gasteiger partial charge >= 0.3 is 0 Å². The molecule has 6 heteroatoms. The first-order valence-corrected chi connectivity index (χ1v) is 5.96. The van der Waals surface area contributed by atoms with Crippen LogP contribution in [0.4, 0.5) is 0 Å². The number of rotatable bonds is 4. The molecule has 1 heterocycles. The molecule has 3 N–H and O–H groups in total. The number of hydrogen-bond acceptors (Lipinski definition) is 5. The number of carbonyl (C=O) groups is 1. The van der Waals surface area contributed by atoms with Crippen LogP contribution in [0.5, 0.6) is 0 Å². The molecule has 0 aromatic rings. The zero-order valence-electron chi connectivity index (χ0n) is 10.8. The molecule has 6 nitrogen and oxygen atoms in total. The van der Waals surface area contributed by atoms with Crippen LogP contribution in [0.15, 0.2) is 0 Å². The Morgan fingerprint density at radius 3 is 2.59 bits per heavy atom. The second-order valence-electron chi connectivity index (χ2n) is 5.09. The van der Waals surface area contributed by atoms with Crippen LogP contribution in [0, 0.1) is 0 Å². The van der Waals surface area contributed by atoms with Crippen molar-refractivity contribution in [3.63, 3.8) is 0 Å². The number of aliphatic hydroxyl groups is 1. The van der Waals surface area contributed by atoms with Crippen LogP contribution in [-0.4, -0.2) is 60.7 Å². The predicted octanol–water partition coefficient (Wildman–Crippen LogP) is -0.901. The number of amides is 1. The molecule has 0 aliphatic carbocycles. The largest absolute Gasteiger partial charge is 0.356 e. The summed E-state index contributed by atoms with van der Waals surface area (Å²) in [5, 5.41) is 15.4. The highest BCUT2D eigenvalue weighted by molar-refractivity contribution is 5.78. The summed E-state index contributed by atoms with van der Waals surface area (Å²) in [5.74, 6) is -0.0111. The van der Waals surface area contributed by atoms with E-state index in [1.54, 1.807) is 4.90 Å². The Balaban J connectivity index is 2.22. The molecule has 1 saturated heterocycles. The van der Waals surface area contributed by atoms with E-state index in [1.807, 2.05) is 20.8 Å². The Hall–Kier alpha value is -0.690. The number of nitrogens with zero attached hydrogens (tertiary/aromatic N) is 1. The fraction of sp³-hybridized carbons (Fsp3) is 0.909. The van der Waals surface area contributed by atoms with Gasteiger partial charge in [0.2, 0.25) is 12.3 Å². The third-order valence-corrected chi connectivity index (χ3v) is 2.36. The van der Waals surface area contributed by atoms with Gasteiger partial charge in [0.05, 0.1) is 12.1 Å². The minimum absolute atomic E-state index is 0.0111. The van der Waals surface area contributed by atoms with E-state index in [9.17, 15) is 9.90 Å². The number of aliphatic hydroxyl groups excluding tert-OH is 1. The predicted molar refractivity (Wildman–Crippen MR) is 64.3 cm³/mol. The van der Waals surface area contributed by atoms with Crippen LogP contribution in [0.2, 0.25) is 0 Å². The van der Waals surface area contributed by atoms with Crippen molar-refractivity contribution in [2.24, 2.45) is 0 Å². The third kappa shape index (κ3) is 5.97. The minimum atomic E-state index is -1.11. The number of carbonyl (C=O) groups excluding carboxylic acids is 1. The Bertz CT molecular complexity index is 247. The van der Waals surface area contributed by atoms with E-state index >= 15 is 0 Å². The van der Waals surface area contributed by atoms with Crippen molar-refractivity contribution in [1.29, 1.82) is 0 Å². The minimum Gasteiger partial charge on any atom is -0.356 e. The molecule has 17 heavy (non-hydrogen) atoms. The van der Waals surface area contributed by atoms with E-state index in [2.05, 4.69) is 10.6 Å². The average molecular weight is 245 g/mol. The molecule has 1 atom stereocenters. The zero-order chi connectivity index (χ0) is 12.9. The molecule has 0 radical (unpaired) electrons. The molecule has 0 saturated carbocycles. The summed E-state index contributed by atoms with van der Waals surface area (Å²) in [6.45, 7) is 8.71. The summed E-state index contributed by atoms with van der Waals surface area (Å²) < 4.78 is 5.24. The van der Waals surface area contributed by atoms with Gasteiger partial charge in [-0.1, -0.05) is 0 Å². The third-order valence-electron chi connectivity index (χ3n) is 2.36. The molecule has 0 aromatic carbocycles. The number of hydrogen-bond donors (Lipinski definition) is 3. The molecule has 100 valence electrons. The summed E-state index contributed by atoms with van der Waals surface area (Å²) in [6, 6.07) is 0. The van der Waals surface area contributed by atoms with Crippen LogP contribution < -0.4 is 10.6 Å². The lowest BCUT2D eigenvalue weighted by molar-refractivity contribution is -0.183. The van der Waals surface area contributed by atoms with Crippen molar-refractivity contribution >= 4 is 5.91 Å². The van der Waals surface area contributed by atoms with Crippen molar-refractivity contribution in [2.45, 2.75) is 32.8 Å². The molecule has 1 fully saturated rings. The molecule has 1 aliphatic heterocycles. The molecule has 0 aromatic heterocycles. The summed E-state index contributed by atoms with van der Waals surface area (Å²) in [7, 11) is 0. The topological polar surface area (TPSA) is 73.8 Å². The van der Waals surface area contributed by atoms with Gasteiger partial charge in [0, 0.05) is 26.2 Å². The molecular formula is C11H23N3O3. The Morgan fingerprint density at radius 2 is 2.06 bits per heavy atom. The van der Waals surface area contributed by atoms with Crippen molar-refractivity contribution in [3.8, 4) is 0 Å². The fourth-order valence-electron chi connectivity index (χ4n) is 1.58. The summed E-state index contributed by atoms with van der Waals surface area (Å²) in [5.41, 5.74) is -0.440. The van der Waals surface area contributed by atoms with Crippen molar-refractivity contribution in [3.05, 3.63) is 0 Å². The van der Waals surface area contributed by atoms with Crippen LogP contribution >= 0.6 is 0 Å². The van der Waals surface area contributed by atoms with E-state index < -0.39 is 12.0 Å². The lowest BCUT2D eigenvalue weighted by Crippen LogP contribution is -2.50. The molecule has 1 unspecified atom stereocenters. The Morgan fingerprint density at radius 1 is 1.47 bits per heavy atom. The lowest BCUT2D eigenvalue weighted by atomic mass is 10.2. The lowest BCUT2D eigenvalue weighted by Gasteiger charge is -2.29. The first kappa shape index (κ1) is 14.4. The van der Waals surface area contributed by atoms with Crippen LogP contribution in [-0.2, 0) is 9.53 Å². The first-order valence-electron chi connectivity index (χ1n) is 5.96. The summed E-state index contributed by atoms with van der Waals surface area (Å²) >= 11 is 0. The van der Waals surface area contributed by atoms with Crippen LogP contribution in [0.3, 0.4) is 0 Å². The van der Waals surface area contributed by atoms with E-state index in [4.69, 9.17) is 4.74 Å². The second kappa shape index (κ2) is 6.30. The highest BCUT2D eigenvalue weighted by Crippen LogP contribution is 2.07. The number of nitrogens with one attached hydrogen (secondary N) is 2. The van der Waals surface area contributed by atoms with Gasteiger partial charge in [-0.3, -0.25) is 10.1 Å². The normalized spacial score (nSPS) is 19.2. The van der Waals surface area contributed by atoms with E-state index in [1.165, 1.54) is 0 Å². The van der Waals surface area contributed by atoms with Crippen molar-refractivity contribution in [2.75, 3.05) is 32.7 Å². The molecule has 1 rings (SSSR count). The average Bonchev–Trinajstić information content (AvgIpc) is 2.25. The maximum absolute atomic E-state index is 11.7. The summed E-state index contributed by atoms with van der Waals surface area (Å²) in [6.07, 6.45) is -1.11. The van der Waals surface area contributed by atoms with E-state index in [0.29, 0.717) is 0 Å². The van der Waals surface area contributed by atoms with Gasteiger partial charge < -0.3 is 20.1 Å². The molecule has 1 aliphatic rings. The Kier molecular flexibility index (Phi) is 5.32. The van der Waals surface area contributed by atoms with Gasteiger partial charge in [-0.15, -0.1) is 0 Å². The Labute approximate surface area is 102 Å². The summed E-state index contributed by atoms with van der Waals surface area (Å²) in [4.78, 5) is 13.5. The van der Waals surface area contributed by atoms with Gasteiger partial charge in [0.1, 0.15) is 0 Å². The van der Waals surface area contributed by atoms with Gasteiger partial charge in [0.15, 0.2) is 0 Å². The molecule has 1 amide bonds. The highest BCUT2D eigenvalue weighted by Gasteiger charge is 2.19. The first-order chi connectivity index (χ1) is 7.88. The maximum Gasteiger partial charge on any atom is 0.236 e. The fourth-order valence-corrected chi connectivity index (χ4v) is 1.58. The second-order valence-corrected chi connectivity index (χ2v) is 5.09. The molecular weight excluding hydrogens is 222 g/mol. The van der Waals surface area contributed by atoms with Gasteiger partial charge in [-0.2, -0.15) is 0 Å². The van der Waals surface area contributed by atoms with Gasteiger partial charge in [-0.25, -0.2) is 0 Å².